The monoisotopic (exact) mass is 658 g/mol. The fourth-order valence-electron chi connectivity index (χ4n) is 7.99. The summed E-state index contributed by atoms with van der Waals surface area (Å²) in [7, 11) is 0. The third-order valence-corrected chi connectivity index (χ3v) is 10.1. The van der Waals surface area contributed by atoms with Gasteiger partial charge in [0.2, 0.25) is 0 Å². The van der Waals surface area contributed by atoms with Gasteiger partial charge >= 0.3 is 0 Å². The predicted molar refractivity (Wildman–Crippen MR) is 211 cm³/mol. The van der Waals surface area contributed by atoms with Crippen molar-refractivity contribution in [2.45, 2.75) is 5.41 Å². The van der Waals surface area contributed by atoms with Crippen LogP contribution in [0.2, 0.25) is 0 Å². The highest BCUT2D eigenvalue weighted by molar-refractivity contribution is 6.14. The van der Waals surface area contributed by atoms with Crippen LogP contribution < -0.4 is 4.90 Å². The molecule has 0 fully saturated rings. The van der Waals surface area contributed by atoms with Crippen LogP contribution in [0.4, 0.5) is 17.1 Å². The topological polar surface area (TPSA) is 16.4 Å². The first-order valence-corrected chi connectivity index (χ1v) is 17.0. The minimum Gasteiger partial charge on any atom is -0.456 e. The second-order valence-electron chi connectivity index (χ2n) is 12.7. The molecule has 0 amide bonds. The van der Waals surface area contributed by atoms with Gasteiger partial charge in [-0.1, -0.05) is 164 Å². The maximum atomic E-state index is 9.66. The van der Waals surface area contributed by atoms with Gasteiger partial charge in [0.05, 0.1) is 31.8 Å². The van der Waals surface area contributed by atoms with Crippen LogP contribution in [-0.2, 0) is 5.41 Å². The van der Waals surface area contributed by atoms with Crippen molar-refractivity contribution < 1.29 is 14.0 Å². The summed E-state index contributed by atoms with van der Waals surface area (Å²) in [6, 6.07) is 50.6. The molecular weight excluding hydrogens is 619 g/mol. The van der Waals surface area contributed by atoms with Crippen LogP contribution in [0, 0.1) is 0 Å². The molecule has 51 heavy (non-hydrogen) atoms. The molecule has 0 radical (unpaired) electrons. The first-order chi connectivity index (χ1) is 28.2. The fourth-order valence-corrected chi connectivity index (χ4v) is 7.99. The zero-order chi connectivity index (χ0) is 39.9. The van der Waals surface area contributed by atoms with Crippen LogP contribution in [0.3, 0.4) is 0 Å². The number of benzene rings is 8. The lowest BCUT2D eigenvalue weighted by molar-refractivity contribution is 0.669. The highest BCUT2D eigenvalue weighted by Gasteiger charge is 2.47. The van der Waals surface area contributed by atoms with Crippen LogP contribution in [0.25, 0.3) is 44.2 Å². The number of rotatable bonds is 6. The Hall–Kier alpha value is -6.64. The van der Waals surface area contributed by atoms with Gasteiger partial charge < -0.3 is 9.32 Å². The van der Waals surface area contributed by atoms with Crippen molar-refractivity contribution in [1.29, 1.82) is 0 Å². The third-order valence-electron chi connectivity index (χ3n) is 10.1. The molecule has 1 aliphatic carbocycles. The molecule has 1 aliphatic rings. The molecule has 10 rings (SSSR count). The van der Waals surface area contributed by atoms with Gasteiger partial charge in [0.1, 0.15) is 11.2 Å². The molecule has 0 bridgehead atoms. The van der Waals surface area contributed by atoms with E-state index in [2.05, 4.69) is 72.8 Å². The summed E-state index contributed by atoms with van der Waals surface area (Å²) in [5.41, 5.74) is 8.70. The van der Waals surface area contributed by atoms with Crippen LogP contribution >= 0.6 is 0 Å². The van der Waals surface area contributed by atoms with E-state index < -0.39 is 23.5 Å². The Morgan fingerprint density at radius 3 is 1.82 bits per heavy atom. The SMILES string of the molecule is [2H]c1c([2H])c([2H])c2c(oc3c([2H])c([2H])c([2H])c(N(c4ccc(-c5ccccc5)cc4)c4cccc5c4-c4ccccc4C5(c4ccccc4)c4ccccc4)c32)c1[2H]. The molecule has 1 aromatic heterocycles. The van der Waals surface area contributed by atoms with Gasteiger partial charge in [0, 0.05) is 16.6 Å². The first-order valence-electron chi connectivity index (χ1n) is 20.5. The molecule has 2 heteroatoms. The average Bonchev–Trinajstić information content (AvgIpc) is 3.82. The maximum Gasteiger partial charge on any atom is 0.137 e. The van der Waals surface area contributed by atoms with Gasteiger partial charge in [-0.3, -0.25) is 0 Å². The van der Waals surface area contributed by atoms with Crippen molar-refractivity contribution in [3.63, 3.8) is 0 Å². The van der Waals surface area contributed by atoms with Crippen molar-refractivity contribution in [3.05, 3.63) is 222 Å². The lowest BCUT2D eigenvalue weighted by Gasteiger charge is -2.34. The fraction of sp³-hybridized carbons (Fsp3) is 0.0204. The maximum absolute atomic E-state index is 9.66. The summed E-state index contributed by atoms with van der Waals surface area (Å²) in [5.74, 6) is 0. The van der Waals surface area contributed by atoms with Crippen LogP contribution in [-0.4, -0.2) is 0 Å². The second-order valence-corrected chi connectivity index (χ2v) is 12.7. The standard InChI is InChI=1S/C49H33NO/c1-4-16-34(17-5-1)35-30-32-38(33-31-35)50(44-27-15-29-46-48(44)40-23-11-13-28-45(40)51-46)43-26-14-25-42-47(43)39-22-10-12-24-41(39)49(42,36-18-6-2-7-19-36)37-20-8-3-9-21-37/h1-33H/i11D,13D,15D,23D,27D,28D,29D. The van der Waals surface area contributed by atoms with Crippen molar-refractivity contribution in [1.82, 2.24) is 0 Å². The molecule has 8 aromatic carbocycles. The molecule has 0 saturated heterocycles. The van der Waals surface area contributed by atoms with Gasteiger partial charge in [0.15, 0.2) is 0 Å². The Morgan fingerprint density at radius 1 is 0.471 bits per heavy atom. The lowest BCUT2D eigenvalue weighted by atomic mass is 9.68. The number of furan rings is 1. The molecule has 0 N–H and O–H groups in total. The number of hydrogen-bond donors (Lipinski definition) is 0. The van der Waals surface area contributed by atoms with Gasteiger partial charge in [0.25, 0.3) is 0 Å². The van der Waals surface area contributed by atoms with Crippen molar-refractivity contribution in [2.24, 2.45) is 0 Å². The van der Waals surface area contributed by atoms with E-state index >= 15 is 0 Å². The summed E-state index contributed by atoms with van der Waals surface area (Å²) in [6.45, 7) is 0. The van der Waals surface area contributed by atoms with Crippen molar-refractivity contribution in [2.75, 3.05) is 4.90 Å². The van der Waals surface area contributed by atoms with Crippen LogP contribution in [0.15, 0.2) is 204 Å². The Labute approximate surface area is 307 Å². The van der Waals surface area contributed by atoms with E-state index in [1.165, 1.54) is 0 Å². The molecule has 0 spiro atoms. The van der Waals surface area contributed by atoms with E-state index in [0.717, 1.165) is 44.5 Å². The van der Waals surface area contributed by atoms with E-state index in [1.807, 2.05) is 89.8 Å². The summed E-state index contributed by atoms with van der Waals surface area (Å²) >= 11 is 0. The quantitative estimate of drug-likeness (QED) is 0.177. The second kappa shape index (κ2) is 11.8. The molecule has 1 heterocycles. The third kappa shape index (κ3) is 4.43. The molecule has 0 aliphatic heterocycles. The number of fused-ring (bicyclic) bond motifs is 6. The van der Waals surface area contributed by atoms with Crippen LogP contribution in [0.1, 0.15) is 31.8 Å². The summed E-state index contributed by atoms with van der Waals surface area (Å²) in [5, 5.41) is 0.223. The molecule has 0 atom stereocenters. The number of anilines is 3. The number of hydrogen-bond acceptors (Lipinski definition) is 2. The highest BCUT2D eigenvalue weighted by Crippen LogP contribution is 2.59. The van der Waals surface area contributed by atoms with E-state index in [0.29, 0.717) is 11.4 Å². The highest BCUT2D eigenvalue weighted by atomic mass is 16.3. The molecule has 0 unspecified atom stereocenters. The van der Waals surface area contributed by atoms with Gasteiger partial charge in [-0.05, 0) is 75.3 Å². The Kier molecular flexibility index (Phi) is 5.28. The van der Waals surface area contributed by atoms with Crippen molar-refractivity contribution in [3.8, 4) is 22.3 Å². The molecule has 2 nitrogen and oxygen atoms in total. The van der Waals surface area contributed by atoms with Gasteiger partial charge in [-0.2, -0.15) is 0 Å². The Balaban J connectivity index is 1.36. The normalized spacial score (nSPS) is 14.8. The summed E-state index contributed by atoms with van der Waals surface area (Å²) in [6.07, 6.45) is 0. The van der Waals surface area contributed by atoms with Crippen molar-refractivity contribution >= 4 is 39.0 Å². The lowest BCUT2D eigenvalue weighted by Crippen LogP contribution is -2.28. The van der Waals surface area contributed by atoms with Gasteiger partial charge in [-0.15, -0.1) is 0 Å². The summed E-state index contributed by atoms with van der Waals surface area (Å²) in [4.78, 5) is 1.91. The predicted octanol–water partition coefficient (Wildman–Crippen LogP) is 13.1. The zero-order valence-corrected chi connectivity index (χ0v) is 27.4. The largest absolute Gasteiger partial charge is 0.456 e. The van der Waals surface area contributed by atoms with E-state index in [9.17, 15) is 1.37 Å². The Morgan fingerprint density at radius 2 is 1.08 bits per heavy atom. The molecular formula is C49H33NO. The molecule has 9 aromatic rings. The van der Waals surface area contributed by atoms with E-state index in [1.54, 1.807) is 0 Å². The van der Waals surface area contributed by atoms with Gasteiger partial charge in [-0.25, -0.2) is 0 Å². The smallest absolute Gasteiger partial charge is 0.137 e. The van der Waals surface area contributed by atoms with Crippen LogP contribution in [0.5, 0.6) is 0 Å². The summed E-state index contributed by atoms with van der Waals surface area (Å²) < 4.78 is 68.9. The van der Waals surface area contributed by atoms with E-state index in [-0.39, 0.29) is 51.8 Å². The minimum atomic E-state index is -0.737. The molecule has 0 saturated carbocycles. The Bertz CT molecular complexity index is 3040. The molecule has 240 valence electrons. The average molecular weight is 659 g/mol. The number of nitrogens with zero attached hydrogens (tertiary/aromatic N) is 1. The minimum absolute atomic E-state index is 0.0554. The number of para-hydroxylation sites is 1. The zero-order valence-electron chi connectivity index (χ0n) is 34.4. The van der Waals surface area contributed by atoms with E-state index in [4.69, 9.17) is 12.6 Å². The first kappa shape index (κ1) is 22.9.